The lowest BCUT2D eigenvalue weighted by Gasteiger charge is -2.23. The first-order valence-corrected chi connectivity index (χ1v) is 14.7. The molecule has 3 N–H and O–H groups in total. The van der Waals surface area contributed by atoms with Crippen LogP contribution >= 0.6 is 0 Å². The van der Waals surface area contributed by atoms with Gasteiger partial charge in [0.15, 0.2) is 0 Å². The van der Waals surface area contributed by atoms with Crippen molar-refractivity contribution in [3.63, 3.8) is 0 Å². The van der Waals surface area contributed by atoms with Crippen LogP contribution in [0.2, 0.25) is 0 Å². The summed E-state index contributed by atoms with van der Waals surface area (Å²) in [4.78, 5) is 27.7. The normalized spacial score (nSPS) is 15.7. The molecule has 1 unspecified atom stereocenters. The molecule has 2 aromatic heterocycles. The Hall–Kier alpha value is -3.84. The first-order valence-electron chi connectivity index (χ1n) is 12.9. The molecule has 1 aliphatic rings. The van der Waals surface area contributed by atoms with Gasteiger partial charge in [0.1, 0.15) is 17.3 Å². The van der Waals surface area contributed by atoms with Gasteiger partial charge in [-0.25, -0.2) is 22.8 Å². The van der Waals surface area contributed by atoms with E-state index < -0.39 is 15.7 Å². The third kappa shape index (κ3) is 6.65. The Kier molecular flexibility index (Phi) is 8.54. The summed E-state index contributed by atoms with van der Waals surface area (Å²) in [5.74, 6) is 0.476. The van der Waals surface area contributed by atoms with Crippen molar-refractivity contribution in [1.29, 1.82) is 0 Å². The van der Waals surface area contributed by atoms with Crippen molar-refractivity contribution in [3.8, 4) is 0 Å². The Morgan fingerprint density at radius 2 is 2.02 bits per heavy atom. The molecule has 0 spiro atoms. The molecule has 3 aromatic rings. The number of nitrogens with zero attached hydrogens (tertiary/aromatic N) is 5. The van der Waals surface area contributed by atoms with Crippen molar-refractivity contribution in [1.82, 2.24) is 19.9 Å². The molecule has 0 bridgehead atoms. The lowest BCUT2D eigenvalue weighted by Crippen LogP contribution is -2.37. The number of carbonyl (C=O) groups excluding carboxylic acids is 1. The Morgan fingerprint density at radius 3 is 2.73 bits per heavy atom. The van der Waals surface area contributed by atoms with Gasteiger partial charge in [0.25, 0.3) is 5.91 Å². The second kappa shape index (κ2) is 11.7. The lowest BCUT2D eigenvalue weighted by molar-refractivity contribution is 0.0677. The van der Waals surface area contributed by atoms with Gasteiger partial charge >= 0.3 is 0 Å². The molecule has 4 rings (SSSR count). The Bertz CT molecular complexity index is 1480. The van der Waals surface area contributed by atoms with Gasteiger partial charge in [-0.1, -0.05) is 12.1 Å². The van der Waals surface area contributed by atoms with E-state index in [9.17, 15) is 18.3 Å². The summed E-state index contributed by atoms with van der Waals surface area (Å²) in [5, 5.41) is 15.8. The number of aromatic nitrogens is 3. The smallest absolute Gasteiger partial charge is 0.254 e. The monoisotopic (exact) mass is 571 g/mol. The largest absolute Gasteiger partial charge is 0.394 e. The summed E-state index contributed by atoms with van der Waals surface area (Å²) in [5.41, 5.74) is 0.0407. The molecule has 1 aromatic carbocycles. The number of pyridine rings is 1. The molecular formula is C27H34FN7O4S. The molecule has 1 atom stereocenters. The average molecular weight is 572 g/mol. The van der Waals surface area contributed by atoms with Crippen molar-refractivity contribution in [2.75, 3.05) is 41.4 Å². The standard InChI is InChI=1S/C27H34FN7O4S/c1-27(2,28)22-16-31-26(32-20-10-5-8-18(14-20)25(37)35-13-7-11-21(35)17-36)33-23(22)30-15-19-9-6-12-29-24(19)34(3)40(4,38)39/h5-6,8-10,12,14,16,21,36H,7,11,13,15,17H2,1-4H3,(H2,30,31,32,33). The number of halogens is 1. The minimum absolute atomic E-state index is 0.0738. The molecule has 13 heteroatoms. The minimum atomic E-state index is -3.55. The maximum atomic E-state index is 15.1. The van der Waals surface area contributed by atoms with Crippen LogP contribution in [-0.4, -0.2) is 71.8 Å². The molecule has 1 fully saturated rings. The molecule has 11 nitrogen and oxygen atoms in total. The predicted octanol–water partition coefficient (Wildman–Crippen LogP) is 3.42. The summed E-state index contributed by atoms with van der Waals surface area (Å²) in [7, 11) is -2.13. The zero-order valence-corrected chi connectivity index (χ0v) is 23.7. The summed E-state index contributed by atoms with van der Waals surface area (Å²) in [6.07, 6.45) is 5.59. The molecular weight excluding hydrogens is 537 g/mol. The molecule has 40 heavy (non-hydrogen) atoms. The van der Waals surface area contributed by atoms with Crippen LogP contribution in [0.3, 0.4) is 0 Å². The Morgan fingerprint density at radius 1 is 1.25 bits per heavy atom. The van der Waals surface area contributed by atoms with E-state index >= 15 is 4.39 Å². The van der Waals surface area contributed by atoms with Crippen LogP contribution in [0.25, 0.3) is 0 Å². The highest BCUT2D eigenvalue weighted by atomic mass is 32.2. The molecule has 1 saturated heterocycles. The summed E-state index contributed by atoms with van der Waals surface area (Å²) >= 11 is 0. The summed E-state index contributed by atoms with van der Waals surface area (Å²) in [6, 6.07) is 10.1. The highest BCUT2D eigenvalue weighted by molar-refractivity contribution is 7.92. The average Bonchev–Trinajstić information content (AvgIpc) is 3.39. The fraction of sp³-hybridized carbons (Fsp3) is 0.407. The van der Waals surface area contributed by atoms with Gasteiger partial charge in [0, 0.05) is 54.9 Å². The van der Waals surface area contributed by atoms with Crippen LogP contribution in [0, 0.1) is 0 Å². The van der Waals surface area contributed by atoms with E-state index in [2.05, 4.69) is 25.6 Å². The molecule has 1 amide bonds. The number of alkyl halides is 1. The third-order valence-corrected chi connectivity index (χ3v) is 7.92. The van der Waals surface area contributed by atoms with Gasteiger partial charge in [-0.2, -0.15) is 4.98 Å². The summed E-state index contributed by atoms with van der Waals surface area (Å²) < 4.78 is 40.3. The number of likely N-dealkylation sites (tertiary alicyclic amines) is 1. The van der Waals surface area contributed by atoms with Gasteiger partial charge in [-0.05, 0) is 51.0 Å². The van der Waals surface area contributed by atoms with E-state index in [0.717, 1.165) is 23.4 Å². The van der Waals surface area contributed by atoms with Crippen LogP contribution < -0.4 is 14.9 Å². The number of amides is 1. The van der Waals surface area contributed by atoms with E-state index in [0.29, 0.717) is 23.4 Å². The highest BCUT2D eigenvalue weighted by Gasteiger charge is 2.29. The number of nitrogens with one attached hydrogen (secondary N) is 2. The number of aliphatic hydroxyl groups is 1. The number of anilines is 4. The molecule has 3 heterocycles. The number of benzene rings is 1. The fourth-order valence-electron chi connectivity index (χ4n) is 4.52. The van der Waals surface area contributed by atoms with Gasteiger partial charge in [-0.3, -0.25) is 9.10 Å². The number of sulfonamides is 1. The highest BCUT2D eigenvalue weighted by Crippen LogP contribution is 2.31. The van der Waals surface area contributed by atoms with E-state index in [4.69, 9.17) is 0 Å². The minimum Gasteiger partial charge on any atom is -0.394 e. The molecule has 0 radical (unpaired) electrons. The van der Waals surface area contributed by atoms with Crippen molar-refractivity contribution in [2.24, 2.45) is 0 Å². The molecule has 0 aliphatic carbocycles. The first kappa shape index (κ1) is 29.2. The SMILES string of the molecule is CN(c1ncccc1CNc1nc(Nc2cccc(C(=O)N3CCCC3CO)c2)ncc1C(C)(C)F)S(C)(=O)=O. The van der Waals surface area contributed by atoms with Gasteiger partial charge in [-0.15, -0.1) is 0 Å². The molecule has 1 aliphatic heterocycles. The lowest BCUT2D eigenvalue weighted by atomic mass is 10.0. The fourth-order valence-corrected chi connectivity index (χ4v) is 5.00. The van der Waals surface area contributed by atoms with Crippen LogP contribution in [0.4, 0.5) is 27.7 Å². The van der Waals surface area contributed by atoms with Crippen LogP contribution in [0.1, 0.15) is 48.2 Å². The van der Waals surface area contributed by atoms with Crippen LogP contribution in [-0.2, 0) is 22.2 Å². The topological polar surface area (TPSA) is 141 Å². The van der Waals surface area contributed by atoms with Crippen molar-refractivity contribution >= 4 is 39.2 Å². The van der Waals surface area contributed by atoms with Gasteiger partial charge in [0.05, 0.1) is 18.9 Å². The van der Waals surface area contributed by atoms with Crippen molar-refractivity contribution in [3.05, 3.63) is 65.5 Å². The zero-order chi connectivity index (χ0) is 29.1. The number of aliphatic hydroxyl groups excluding tert-OH is 1. The maximum Gasteiger partial charge on any atom is 0.254 e. The molecule has 214 valence electrons. The second-order valence-corrected chi connectivity index (χ2v) is 12.2. The van der Waals surface area contributed by atoms with Gasteiger partial charge in [0.2, 0.25) is 16.0 Å². The maximum absolute atomic E-state index is 15.1. The number of hydrogen-bond donors (Lipinski definition) is 3. The first-order chi connectivity index (χ1) is 18.9. The number of rotatable bonds is 10. The van der Waals surface area contributed by atoms with E-state index in [1.54, 1.807) is 41.3 Å². The predicted molar refractivity (Wildman–Crippen MR) is 152 cm³/mol. The van der Waals surface area contributed by atoms with E-state index in [1.807, 2.05) is 0 Å². The van der Waals surface area contributed by atoms with Gasteiger partial charge < -0.3 is 20.6 Å². The van der Waals surface area contributed by atoms with E-state index in [-0.39, 0.29) is 48.2 Å². The quantitative estimate of drug-likeness (QED) is 0.334. The van der Waals surface area contributed by atoms with Crippen molar-refractivity contribution in [2.45, 2.75) is 44.9 Å². The van der Waals surface area contributed by atoms with E-state index in [1.165, 1.54) is 33.3 Å². The zero-order valence-electron chi connectivity index (χ0n) is 22.9. The number of hydrogen-bond acceptors (Lipinski definition) is 9. The Labute approximate surface area is 233 Å². The van der Waals surface area contributed by atoms with Crippen LogP contribution in [0.15, 0.2) is 48.8 Å². The summed E-state index contributed by atoms with van der Waals surface area (Å²) in [6.45, 7) is 3.43. The second-order valence-electron chi connectivity index (χ2n) is 10.2. The Balaban J connectivity index is 1.58. The molecule has 0 saturated carbocycles. The number of carbonyl (C=O) groups is 1. The van der Waals surface area contributed by atoms with Crippen LogP contribution in [0.5, 0.6) is 0 Å². The third-order valence-electron chi connectivity index (χ3n) is 6.75. The van der Waals surface area contributed by atoms with Crippen molar-refractivity contribution < 1.29 is 22.7 Å².